The van der Waals surface area contributed by atoms with Crippen molar-refractivity contribution >= 4 is 15.9 Å². The van der Waals surface area contributed by atoms with Gasteiger partial charge >= 0.3 is 0 Å². The number of sulfonamides is 1. The maximum absolute atomic E-state index is 12.3. The van der Waals surface area contributed by atoms with E-state index in [0.717, 1.165) is 0 Å². The van der Waals surface area contributed by atoms with E-state index in [-0.39, 0.29) is 34.8 Å². The molecule has 1 rings (SSSR count). The second-order valence-electron chi connectivity index (χ2n) is 5.62. The zero-order chi connectivity index (χ0) is 18.9. The number of hydrogen-bond acceptors (Lipinski definition) is 5. The molecule has 0 heterocycles. The lowest BCUT2D eigenvalue weighted by atomic mass is 10.2. The van der Waals surface area contributed by atoms with Crippen molar-refractivity contribution in [2.24, 2.45) is 0 Å². The highest BCUT2D eigenvalue weighted by atomic mass is 32.2. The fourth-order valence-corrected chi connectivity index (χ4v) is 3.31. The highest BCUT2D eigenvalue weighted by Crippen LogP contribution is 2.25. The van der Waals surface area contributed by atoms with Crippen LogP contribution >= 0.6 is 0 Å². The first kappa shape index (κ1) is 21.4. The van der Waals surface area contributed by atoms with Crippen LogP contribution in [0.4, 0.5) is 0 Å². The molecule has 1 aromatic carbocycles. The number of hydrogen-bond donors (Lipinski definition) is 2. The number of amides is 1. The van der Waals surface area contributed by atoms with Crippen molar-refractivity contribution in [1.82, 2.24) is 10.0 Å². The van der Waals surface area contributed by atoms with E-state index in [1.807, 2.05) is 13.8 Å². The van der Waals surface area contributed by atoms with Gasteiger partial charge in [0.05, 0.1) is 12.7 Å². The van der Waals surface area contributed by atoms with Crippen LogP contribution in [0, 0.1) is 0 Å². The molecule has 0 atom stereocenters. The average molecular weight is 372 g/mol. The van der Waals surface area contributed by atoms with Crippen molar-refractivity contribution < 1.29 is 22.7 Å². The summed E-state index contributed by atoms with van der Waals surface area (Å²) in [6.45, 7) is 8.94. The first-order valence-corrected chi connectivity index (χ1v) is 9.96. The van der Waals surface area contributed by atoms with E-state index in [0.29, 0.717) is 26.2 Å². The Morgan fingerprint density at radius 2 is 1.96 bits per heavy atom. The van der Waals surface area contributed by atoms with Crippen molar-refractivity contribution in [3.8, 4) is 5.75 Å². The Hall–Kier alpha value is -1.64. The summed E-state index contributed by atoms with van der Waals surface area (Å²) in [5.74, 6) is -0.106. The Kier molecular flexibility index (Phi) is 8.88. The van der Waals surface area contributed by atoms with Gasteiger partial charge in [-0.05, 0) is 45.4 Å². The molecule has 0 spiro atoms. The monoisotopic (exact) mass is 372 g/mol. The SMILES string of the molecule is CCNS(=O)(=O)c1cc(C(=O)NCCCOC(C)C)ccc1OCC. The molecule has 25 heavy (non-hydrogen) atoms. The normalized spacial score (nSPS) is 11.6. The molecule has 0 fully saturated rings. The van der Waals surface area contributed by atoms with Crippen LogP contribution in [0.25, 0.3) is 0 Å². The first-order chi connectivity index (χ1) is 11.8. The van der Waals surface area contributed by atoms with Crippen LogP contribution in [0.15, 0.2) is 23.1 Å². The Balaban J connectivity index is 2.85. The van der Waals surface area contributed by atoms with Crippen LogP contribution in [0.5, 0.6) is 5.75 Å². The van der Waals surface area contributed by atoms with Crippen LogP contribution < -0.4 is 14.8 Å². The van der Waals surface area contributed by atoms with Gasteiger partial charge in [-0.1, -0.05) is 6.92 Å². The first-order valence-electron chi connectivity index (χ1n) is 8.48. The third-order valence-corrected chi connectivity index (χ3v) is 4.75. The second-order valence-corrected chi connectivity index (χ2v) is 7.36. The molecule has 0 aliphatic rings. The lowest BCUT2D eigenvalue weighted by Gasteiger charge is -2.13. The van der Waals surface area contributed by atoms with Crippen LogP contribution in [-0.4, -0.2) is 46.7 Å². The second kappa shape index (κ2) is 10.4. The topological polar surface area (TPSA) is 93.7 Å². The quantitative estimate of drug-likeness (QED) is 0.579. The Labute approximate surface area is 150 Å². The molecule has 0 unspecified atom stereocenters. The summed E-state index contributed by atoms with van der Waals surface area (Å²) in [6.07, 6.45) is 0.837. The Bertz CT molecular complexity index is 659. The zero-order valence-corrected chi connectivity index (χ0v) is 16.1. The van der Waals surface area contributed by atoms with Crippen LogP contribution in [-0.2, 0) is 14.8 Å². The third-order valence-electron chi connectivity index (χ3n) is 3.19. The minimum Gasteiger partial charge on any atom is -0.492 e. The van der Waals surface area contributed by atoms with Gasteiger partial charge in [-0.15, -0.1) is 0 Å². The molecule has 0 aliphatic carbocycles. The summed E-state index contributed by atoms with van der Waals surface area (Å²) in [7, 11) is -3.73. The molecule has 0 radical (unpaired) electrons. The van der Waals surface area contributed by atoms with E-state index in [9.17, 15) is 13.2 Å². The van der Waals surface area contributed by atoms with E-state index in [4.69, 9.17) is 9.47 Å². The van der Waals surface area contributed by atoms with Gasteiger partial charge in [0.15, 0.2) is 0 Å². The van der Waals surface area contributed by atoms with Crippen molar-refractivity contribution in [2.75, 3.05) is 26.3 Å². The highest BCUT2D eigenvalue weighted by Gasteiger charge is 2.21. The summed E-state index contributed by atoms with van der Waals surface area (Å²) in [6, 6.07) is 4.39. The van der Waals surface area contributed by atoms with Gasteiger partial charge in [0.25, 0.3) is 5.91 Å². The molecule has 0 saturated carbocycles. The van der Waals surface area contributed by atoms with E-state index >= 15 is 0 Å². The van der Waals surface area contributed by atoms with Gasteiger partial charge in [-0.25, -0.2) is 13.1 Å². The number of benzene rings is 1. The standard InChI is InChI=1S/C17H28N2O5S/c1-5-19-25(21,22)16-12-14(8-9-15(16)23-6-2)17(20)18-10-7-11-24-13(3)4/h8-9,12-13,19H,5-7,10-11H2,1-4H3,(H,18,20). The lowest BCUT2D eigenvalue weighted by molar-refractivity contribution is 0.0757. The number of nitrogens with one attached hydrogen (secondary N) is 2. The van der Waals surface area contributed by atoms with E-state index in [2.05, 4.69) is 10.0 Å². The fraction of sp³-hybridized carbons (Fsp3) is 0.588. The number of rotatable bonds is 11. The summed E-state index contributed by atoms with van der Waals surface area (Å²) in [5, 5.41) is 2.76. The van der Waals surface area contributed by atoms with E-state index in [1.54, 1.807) is 19.9 Å². The van der Waals surface area contributed by atoms with Gasteiger partial charge in [-0.2, -0.15) is 0 Å². The molecule has 0 aliphatic heterocycles. The summed E-state index contributed by atoms with van der Waals surface area (Å²) in [5.41, 5.74) is 0.268. The molecule has 1 amide bonds. The van der Waals surface area contributed by atoms with Gasteiger partial charge in [0.2, 0.25) is 10.0 Å². The molecule has 142 valence electrons. The summed E-state index contributed by atoms with van der Waals surface area (Å²) in [4.78, 5) is 12.2. The highest BCUT2D eigenvalue weighted by molar-refractivity contribution is 7.89. The smallest absolute Gasteiger partial charge is 0.251 e. The molecule has 7 nitrogen and oxygen atoms in total. The summed E-state index contributed by atoms with van der Waals surface area (Å²) < 4.78 is 37.8. The minimum atomic E-state index is -3.73. The van der Waals surface area contributed by atoms with Crippen LogP contribution in [0.2, 0.25) is 0 Å². The maximum atomic E-state index is 12.3. The number of carbonyl (C=O) groups is 1. The van der Waals surface area contributed by atoms with Crippen LogP contribution in [0.3, 0.4) is 0 Å². The molecule has 0 bridgehead atoms. The largest absolute Gasteiger partial charge is 0.492 e. The van der Waals surface area contributed by atoms with Crippen LogP contribution in [0.1, 0.15) is 44.5 Å². The Morgan fingerprint density at radius 3 is 2.56 bits per heavy atom. The average Bonchev–Trinajstić information content (AvgIpc) is 2.54. The molecule has 0 aromatic heterocycles. The third kappa shape index (κ3) is 7.01. The molecule has 1 aromatic rings. The predicted molar refractivity (Wildman–Crippen MR) is 96.5 cm³/mol. The molecular formula is C17H28N2O5S. The zero-order valence-electron chi connectivity index (χ0n) is 15.3. The van der Waals surface area contributed by atoms with E-state index < -0.39 is 10.0 Å². The van der Waals surface area contributed by atoms with Crippen molar-refractivity contribution in [1.29, 1.82) is 0 Å². The van der Waals surface area contributed by atoms with E-state index in [1.165, 1.54) is 12.1 Å². The molecule has 8 heteroatoms. The van der Waals surface area contributed by atoms with Gasteiger partial charge in [-0.3, -0.25) is 4.79 Å². The van der Waals surface area contributed by atoms with Crippen molar-refractivity contribution in [3.63, 3.8) is 0 Å². The van der Waals surface area contributed by atoms with Gasteiger partial charge in [0, 0.05) is 25.3 Å². The van der Waals surface area contributed by atoms with Gasteiger partial charge in [0.1, 0.15) is 10.6 Å². The number of ether oxygens (including phenoxy) is 2. The van der Waals surface area contributed by atoms with Crippen molar-refractivity contribution in [3.05, 3.63) is 23.8 Å². The predicted octanol–water partition coefficient (Wildman–Crippen LogP) is 1.93. The molecule has 2 N–H and O–H groups in total. The van der Waals surface area contributed by atoms with Gasteiger partial charge < -0.3 is 14.8 Å². The fourth-order valence-electron chi connectivity index (χ4n) is 2.10. The van der Waals surface area contributed by atoms with Crippen molar-refractivity contribution in [2.45, 2.75) is 45.1 Å². The molecular weight excluding hydrogens is 344 g/mol. The molecule has 0 saturated heterocycles. The number of carbonyl (C=O) groups excluding carboxylic acids is 1. The maximum Gasteiger partial charge on any atom is 0.251 e. The minimum absolute atomic E-state index is 0.0352. The Morgan fingerprint density at radius 1 is 1.24 bits per heavy atom. The lowest BCUT2D eigenvalue weighted by Crippen LogP contribution is -2.27. The summed E-state index contributed by atoms with van der Waals surface area (Å²) >= 11 is 0.